The zero-order valence-electron chi connectivity index (χ0n) is 16.5. The Bertz CT molecular complexity index is 1050. The van der Waals surface area contributed by atoms with Crippen LogP contribution in [0.2, 0.25) is 0 Å². The van der Waals surface area contributed by atoms with Crippen LogP contribution in [0.4, 0.5) is 5.69 Å². The van der Waals surface area contributed by atoms with E-state index < -0.39 is 29.8 Å². The third-order valence-corrected chi connectivity index (χ3v) is 4.54. The standard InChI is InChI=1S/C22H20N2O6/c1-4-11-24-20(26)15-10-9-14(12-16(15)21(24)27)22(28)30-13(2)19(25)23-17-7-5-6-8-18(17)29-3/h4-10,12-13H,1,11H2,2-3H3,(H,23,25)/t13-/m0/s1. The Morgan fingerprint density at radius 2 is 1.83 bits per heavy atom. The number of rotatable bonds is 7. The van der Waals surface area contributed by atoms with Crippen molar-refractivity contribution in [2.45, 2.75) is 13.0 Å². The number of fused-ring (bicyclic) bond motifs is 1. The lowest BCUT2D eigenvalue weighted by molar-refractivity contribution is -0.123. The summed E-state index contributed by atoms with van der Waals surface area (Å²) in [6, 6.07) is 10.9. The van der Waals surface area contributed by atoms with Crippen LogP contribution in [0.15, 0.2) is 55.1 Å². The van der Waals surface area contributed by atoms with Gasteiger partial charge < -0.3 is 14.8 Å². The second kappa shape index (κ2) is 8.60. The number of esters is 1. The molecule has 3 amide bonds. The van der Waals surface area contributed by atoms with Gasteiger partial charge in [0.2, 0.25) is 0 Å². The first kappa shape index (κ1) is 20.8. The van der Waals surface area contributed by atoms with Gasteiger partial charge in [-0.15, -0.1) is 6.58 Å². The van der Waals surface area contributed by atoms with Crippen molar-refractivity contribution < 1.29 is 28.7 Å². The molecule has 0 bridgehead atoms. The molecule has 0 saturated heterocycles. The molecule has 0 spiro atoms. The normalized spacial score (nSPS) is 13.5. The van der Waals surface area contributed by atoms with Gasteiger partial charge in [0.15, 0.2) is 6.10 Å². The van der Waals surface area contributed by atoms with Crippen LogP contribution in [0, 0.1) is 0 Å². The quantitative estimate of drug-likeness (QED) is 0.429. The Kier molecular flexibility index (Phi) is 5.96. The molecule has 1 heterocycles. The maximum atomic E-state index is 12.5. The molecular formula is C22H20N2O6. The van der Waals surface area contributed by atoms with Crippen molar-refractivity contribution in [1.82, 2.24) is 4.90 Å². The lowest BCUT2D eigenvalue weighted by Crippen LogP contribution is -2.30. The number of hydrogen-bond acceptors (Lipinski definition) is 6. The smallest absolute Gasteiger partial charge is 0.338 e. The lowest BCUT2D eigenvalue weighted by atomic mass is 10.1. The number of imide groups is 1. The first-order valence-electron chi connectivity index (χ1n) is 9.13. The van der Waals surface area contributed by atoms with E-state index in [-0.39, 0.29) is 23.2 Å². The third kappa shape index (κ3) is 3.93. The highest BCUT2D eigenvalue weighted by atomic mass is 16.5. The van der Waals surface area contributed by atoms with Gasteiger partial charge in [-0.05, 0) is 37.3 Å². The number of amides is 3. The molecule has 0 unspecified atom stereocenters. The summed E-state index contributed by atoms with van der Waals surface area (Å²) in [5.74, 6) is -1.82. The number of hydrogen-bond donors (Lipinski definition) is 1. The van der Waals surface area contributed by atoms with Crippen LogP contribution in [0.1, 0.15) is 38.0 Å². The number of nitrogens with zero attached hydrogens (tertiary/aromatic N) is 1. The lowest BCUT2D eigenvalue weighted by Gasteiger charge is -2.15. The topological polar surface area (TPSA) is 102 Å². The van der Waals surface area contributed by atoms with Crippen LogP contribution in [-0.4, -0.2) is 48.3 Å². The molecule has 8 heteroatoms. The van der Waals surface area contributed by atoms with E-state index >= 15 is 0 Å². The van der Waals surface area contributed by atoms with E-state index in [0.717, 1.165) is 4.90 Å². The van der Waals surface area contributed by atoms with Gasteiger partial charge in [0, 0.05) is 6.54 Å². The Morgan fingerprint density at radius 1 is 1.13 bits per heavy atom. The maximum Gasteiger partial charge on any atom is 0.338 e. The number of carbonyl (C=O) groups excluding carboxylic acids is 4. The summed E-state index contributed by atoms with van der Waals surface area (Å²) >= 11 is 0. The van der Waals surface area contributed by atoms with Gasteiger partial charge in [-0.2, -0.15) is 0 Å². The van der Waals surface area contributed by atoms with Gasteiger partial charge in [0.05, 0.1) is 29.5 Å². The number of benzene rings is 2. The van der Waals surface area contributed by atoms with Crippen LogP contribution < -0.4 is 10.1 Å². The minimum atomic E-state index is -1.11. The second-order valence-corrected chi connectivity index (χ2v) is 6.51. The van der Waals surface area contributed by atoms with E-state index in [1.807, 2.05) is 0 Å². The average Bonchev–Trinajstić information content (AvgIpc) is 2.98. The molecule has 8 nitrogen and oxygen atoms in total. The van der Waals surface area contributed by atoms with Crippen molar-refractivity contribution in [3.63, 3.8) is 0 Å². The molecule has 1 aliphatic rings. The van der Waals surface area contributed by atoms with Gasteiger partial charge in [0.1, 0.15) is 5.75 Å². The summed E-state index contributed by atoms with van der Waals surface area (Å²) in [6.45, 7) is 5.03. The molecule has 1 atom stereocenters. The summed E-state index contributed by atoms with van der Waals surface area (Å²) < 4.78 is 10.4. The molecule has 0 aromatic heterocycles. The van der Waals surface area contributed by atoms with Crippen LogP contribution in [-0.2, 0) is 9.53 Å². The van der Waals surface area contributed by atoms with E-state index in [9.17, 15) is 19.2 Å². The first-order valence-corrected chi connectivity index (χ1v) is 9.13. The zero-order valence-corrected chi connectivity index (χ0v) is 16.5. The molecule has 154 valence electrons. The van der Waals surface area contributed by atoms with Crippen molar-refractivity contribution in [2.24, 2.45) is 0 Å². The average molecular weight is 408 g/mol. The molecule has 2 aromatic carbocycles. The second-order valence-electron chi connectivity index (χ2n) is 6.51. The molecule has 30 heavy (non-hydrogen) atoms. The van der Waals surface area contributed by atoms with E-state index in [2.05, 4.69) is 11.9 Å². The fourth-order valence-corrected chi connectivity index (χ4v) is 2.98. The van der Waals surface area contributed by atoms with E-state index in [1.54, 1.807) is 24.3 Å². The van der Waals surface area contributed by atoms with E-state index in [1.165, 1.54) is 38.3 Å². The van der Waals surface area contributed by atoms with Crippen molar-refractivity contribution in [2.75, 3.05) is 19.0 Å². The van der Waals surface area contributed by atoms with Crippen LogP contribution >= 0.6 is 0 Å². The maximum absolute atomic E-state index is 12.5. The van der Waals surface area contributed by atoms with Crippen LogP contribution in [0.5, 0.6) is 5.75 Å². The number of ether oxygens (including phenoxy) is 2. The summed E-state index contributed by atoms with van der Waals surface area (Å²) in [5.41, 5.74) is 0.826. The summed E-state index contributed by atoms with van der Waals surface area (Å²) in [5, 5.41) is 2.64. The molecule has 1 N–H and O–H groups in total. The fourth-order valence-electron chi connectivity index (χ4n) is 2.98. The molecule has 0 radical (unpaired) electrons. The molecule has 2 aromatic rings. The Morgan fingerprint density at radius 3 is 2.53 bits per heavy atom. The molecule has 1 aliphatic heterocycles. The predicted octanol–water partition coefficient (Wildman–Crippen LogP) is 2.66. The van der Waals surface area contributed by atoms with Gasteiger partial charge in [-0.3, -0.25) is 19.3 Å². The number of methoxy groups -OCH3 is 1. The minimum Gasteiger partial charge on any atom is -0.495 e. The van der Waals surface area contributed by atoms with Gasteiger partial charge in [0.25, 0.3) is 17.7 Å². The highest BCUT2D eigenvalue weighted by Crippen LogP contribution is 2.25. The number of para-hydroxylation sites is 2. The van der Waals surface area contributed by atoms with Crippen molar-refractivity contribution in [1.29, 1.82) is 0 Å². The largest absolute Gasteiger partial charge is 0.495 e. The summed E-state index contributed by atoms with van der Waals surface area (Å²) in [6.07, 6.45) is 0.337. The van der Waals surface area contributed by atoms with Crippen LogP contribution in [0.25, 0.3) is 0 Å². The van der Waals surface area contributed by atoms with Crippen molar-refractivity contribution in [3.05, 3.63) is 71.8 Å². The first-order chi connectivity index (χ1) is 14.4. The molecule has 0 aliphatic carbocycles. The summed E-state index contributed by atoms with van der Waals surface area (Å²) in [4.78, 5) is 50.5. The van der Waals surface area contributed by atoms with Gasteiger partial charge >= 0.3 is 5.97 Å². The Balaban J connectivity index is 1.71. The van der Waals surface area contributed by atoms with Gasteiger partial charge in [-0.25, -0.2) is 4.79 Å². The fraction of sp³-hybridized carbons (Fsp3) is 0.182. The van der Waals surface area contributed by atoms with E-state index in [4.69, 9.17) is 9.47 Å². The molecule has 3 rings (SSSR count). The van der Waals surface area contributed by atoms with Crippen molar-refractivity contribution in [3.8, 4) is 5.75 Å². The number of carbonyl (C=O) groups is 4. The van der Waals surface area contributed by atoms with Crippen molar-refractivity contribution >= 4 is 29.4 Å². The molecule has 0 saturated carbocycles. The number of nitrogens with one attached hydrogen (secondary N) is 1. The highest BCUT2D eigenvalue weighted by Gasteiger charge is 2.35. The van der Waals surface area contributed by atoms with Gasteiger partial charge in [-0.1, -0.05) is 18.2 Å². The SMILES string of the molecule is C=CCN1C(=O)c2ccc(C(=O)O[C@@H](C)C(=O)Nc3ccccc3OC)cc2C1=O. The highest BCUT2D eigenvalue weighted by molar-refractivity contribution is 6.22. The molecule has 0 fully saturated rings. The van der Waals surface area contributed by atoms with E-state index in [0.29, 0.717) is 11.4 Å². The monoisotopic (exact) mass is 408 g/mol. The third-order valence-electron chi connectivity index (χ3n) is 4.54. The molecular weight excluding hydrogens is 388 g/mol. The number of anilines is 1. The van der Waals surface area contributed by atoms with Crippen LogP contribution in [0.3, 0.4) is 0 Å². The zero-order chi connectivity index (χ0) is 21.8. The Hall–Kier alpha value is -3.94. The minimum absolute atomic E-state index is 0.0623. The summed E-state index contributed by atoms with van der Waals surface area (Å²) in [7, 11) is 1.48. The Labute approximate surface area is 173 Å². The predicted molar refractivity (Wildman–Crippen MR) is 109 cm³/mol.